The van der Waals surface area contributed by atoms with Gasteiger partial charge in [-0.2, -0.15) is 4.98 Å². The monoisotopic (exact) mass is 433 g/mol. The first-order valence-corrected chi connectivity index (χ1v) is 11.3. The number of piperidine rings is 1. The summed E-state index contributed by atoms with van der Waals surface area (Å²) in [6.45, 7) is 7.21. The van der Waals surface area contributed by atoms with Gasteiger partial charge in [0.15, 0.2) is 0 Å². The van der Waals surface area contributed by atoms with Crippen molar-refractivity contribution < 1.29 is 0 Å². The lowest BCUT2D eigenvalue weighted by molar-refractivity contribution is 0.311. The minimum Gasteiger partial charge on any atom is -0.383 e. The van der Waals surface area contributed by atoms with Crippen LogP contribution in [0.2, 0.25) is 10.0 Å². The lowest BCUT2D eigenvalue weighted by Gasteiger charge is -2.29. The summed E-state index contributed by atoms with van der Waals surface area (Å²) in [4.78, 5) is 11.8. The van der Waals surface area contributed by atoms with E-state index in [1.54, 1.807) is 6.07 Å². The minimum absolute atomic E-state index is 0.00779. The van der Waals surface area contributed by atoms with E-state index in [0.717, 1.165) is 42.4 Å². The zero-order valence-electron chi connectivity index (χ0n) is 17.1. The highest BCUT2D eigenvalue weighted by atomic mass is 35.5. The van der Waals surface area contributed by atoms with E-state index in [9.17, 15) is 0 Å². The second kappa shape index (κ2) is 8.66. The van der Waals surface area contributed by atoms with E-state index in [2.05, 4.69) is 17.1 Å². The highest BCUT2D eigenvalue weighted by Crippen LogP contribution is 2.36. The maximum atomic E-state index is 6.43. The maximum Gasteiger partial charge on any atom is 0.227 e. The lowest BCUT2D eigenvalue weighted by Crippen LogP contribution is -2.41. The van der Waals surface area contributed by atoms with Gasteiger partial charge in [0.1, 0.15) is 5.82 Å². The first-order chi connectivity index (χ1) is 13.9. The van der Waals surface area contributed by atoms with Gasteiger partial charge in [-0.1, -0.05) is 42.6 Å². The average Bonchev–Trinajstić information content (AvgIpc) is 3.18. The standard InChI is InChI=1S/C22H29Cl2N5/c1-13(17-7-6-16(23)11-18(17)24)20-14(2)27-22(28-21(20)25)29-10-8-15(12-29)19-5-3-4-9-26-19/h6-7,11,13,15,19,26H,3-5,8-10,12H2,1-2H3,(H2,25,27,28)/t13-,15?,19?/m0/s1. The molecule has 2 unspecified atom stereocenters. The molecule has 7 heteroatoms. The largest absolute Gasteiger partial charge is 0.383 e. The number of nitrogen functional groups attached to an aromatic ring is 1. The molecule has 2 aromatic rings. The molecule has 3 heterocycles. The van der Waals surface area contributed by atoms with Crippen molar-refractivity contribution in [2.24, 2.45) is 5.92 Å². The first kappa shape index (κ1) is 20.7. The van der Waals surface area contributed by atoms with Crippen molar-refractivity contribution in [1.82, 2.24) is 15.3 Å². The van der Waals surface area contributed by atoms with Crippen LogP contribution in [0.15, 0.2) is 18.2 Å². The van der Waals surface area contributed by atoms with Crippen LogP contribution in [0, 0.1) is 12.8 Å². The predicted octanol–water partition coefficient (Wildman–Crippen LogP) is 4.79. The highest BCUT2D eigenvalue weighted by Gasteiger charge is 2.32. The van der Waals surface area contributed by atoms with Gasteiger partial charge in [0, 0.05) is 46.4 Å². The quantitative estimate of drug-likeness (QED) is 0.724. The van der Waals surface area contributed by atoms with Gasteiger partial charge >= 0.3 is 0 Å². The molecule has 0 bridgehead atoms. The van der Waals surface area contributed by atoms with Crippen LogP contribution in [0.3, 0.4) is 0 Å². The summed E-state index contributed by atoms with van der Waals surface area (Å²) < 4.78 is 0. The van der Waals surface area contributed by atoms with E-state index in [1.165, 1.54) is 25.7 Å². The van der Waals surface area contributed by atoms with Crippen LogP contribution in [0.1, 0.15) is 55.3 Å². The Hall–Kier alpha value is -1.56. The Morgan fingerprint density at radius 3 is 2.72 bits per heavy atom. The Labute approximate surface area is 183 Å². The average molecular weight is 434 g/mol. The van der Waals surface area contributed by atoms with Gasteiger partial charge in [-0.15, -0.1) is 0 Å². The number of rotatable bonds is 4. The molecule has 0 radical (unpaired) electrons. The first-order valence-electron chi connectivity index (χ1n) is 10.5. The van der Waals surface area contributed by atoms with E-state index in [0.29, 0.717) is 27.8 Å². The molecule has 3 N–H and O–H groups in total. The zero-order chi connectivity index (χ0) is 20.5. The number of halogens is 2. The third kappa shape index (κ3) is 4.32. The van der Waals surface area contributed by atoms with Crippen LogP contribution in [-0.2, 0) is 0 Å². The SMILES string of the molecule is Cc1nc(N2CCC(C3CCCCN3)C2)nc(N)c1[C@@H](C)c1ccc(Cl)cc1Cl. The summed E-state index contributed by atoms with van der Waals surface area (Å²) in [5.41, 5.74) is 9.25. The van der Waals surface area contributed by atoms with Crippen molar-refractivity contribution in [3.63, 3.8) is 0 Å². The molecule has 0 aliphatic carbocycles. The van der Waals surface area contributed by atoms with E-state index < -0.39 is 0 Å². The molecular formula is C22H29Cl2N5. The molecule has 0 saturated carbocycles. The molecule has 1 aromatic heterocycles. The molecule has 2 aliphatic heterocycles. The van der Waals surface area contributed by atoms with Crippen LogP contribution in [0.4, 0.5) is 11.8 Å². The fourth-order valence-corrected chi connectivity index (χ4v) is 5.42. The summed E-state index contributed by atoms with van der Waals surface area (Å²) >= 11 is 12.5. The Kier molecular flexibility index (Phi) is 6.19. The highest BCUT2D eigenvalue weighted by molar-refractivity contribution is 6.35. The Morgan fingerprint density at radius 1 is 1.21 bits per heavy atom. The normalized spacial score (nSPS) is 23.4. The fraction of sp³-hybridized carbons (Fsp3) is 0.545. The minimum atomic E-state index is -0.00779. The number of anilines is 2. The molecule has 2 fully saturated rings. The number of aryl methyl sites for hydroxylation is 1. The molecule has 29 heavy (non-hydrogen) atoms. The summed E-state index contributed by atoms with van der Waals surface area (Å²) in [5.74, 6) is 1.93. The van der Waals surface area contributed by atoms with Crippen LogP contribution in [0.25, 0.3) is 0 Å². The molecule has 2 aliphatic rings. The molecule has 156 valence electrons. The van der Waals surface area contributed by atoms with Crippen molar-refractivity contribution in [1.29, 1.82) is 0 Å². The van der Waals surface area contributed by atoms with Crippen molar-refractivity contribution >= 4 is 35.0 Å². The molecule has 3 atom stereocenters. The Morgan fingerprint density at radius 2 is 2.03 bits per heavy atom. The zero-order valence-corrected chi connectivity index (χ0v) is 18.6. The van der Waals surface area contributed by atoms with Gasteiger partial charge in [-0.3, -0.25) is 0 Å². The fourth-order valence-electron chi connectivity index (χ4n) is 4.85. The van der Waals surface area contributed by atoms with Crippen LogP contribution >= 0.6 is 23.2 Å². The van der Waals surface area contributed by atoms with Gasteiger partial charge in [0.25, 0.3) is 0 Å². The number of benzene rings is 1. The van der Waals surface area contributed by atoms with Crippen molar-refractivity contribution in [2.45, 2.75) is 51.5 Å². The van der Waals surface area contributed by atoms with Gasteiger partial charge < -0.3 is 16.0 Å². The third-order valence-electron chi connectivity index (χ3n) is 6.44. The Balaban J connectivity index is 1.54. The van der Waals surface area contributed by atoms with Gasteiger partial charge in [-0.25, -0.2) is 4.98 Å². The molecule has 0 spiro atoms. The number of nitrogens with two attached hydrogens (primary N) is 1. The van der Waals surface area contributed by atoms with Crippen molar-refractivity contribution in [2.75, 3.05) is 30.3 Å². The molecular weight excluding hydrogens is 405 g/mol. The Bertz CT molecular complexity index is 858. The van der Waals surface area contributed by atoms with E-state index >= 15 is 0 Å². The molecule has 2 saturated heterocycles. The van der Waals surface area contributed by atoms with Crippen LogP contribution in [-0.4, -0.2) is 35.6 Å². The van der Waals surface area contributed by atoms with Crippen molar-refractivity contribution in [3.05, 3.63) is 45.1 Å². The lowest BCUT2D eigenvalue weighted by atomic mass is 9.91. The second-order valence-corrected chi connectivity index (χ2v) is 9.19. The molecule has 4 rings (SSSR count). The van der Waals surface area contributed by atoms with Crippen LogP contribution < -0.4 is 16.0 Å². The van der Waals surface area contributed by atoms with E-state index in [-0.39, 0.29) is 5.92 Å². The molecule has 5 nitrogen and oxygen atoms in total. The molecule has 1 aromatic carbocycles. The number of nitrogens with zero attached hydrogens (tertiary/aromatic N) is 3. The smallest absolute Gasteiger partial charge is 0.227 e. The van der Waals surface area contributed by atoms with Gasteiger partial charge in [0.05, 0.1) is 0 Å². The topological polar surface area (TPSA) is 67.1 Å². The van der Waals surface area contributed by atoms with Gasteiger partial charge in [-0.05, 0) is 56.3 Å². The van der Waals surface area contributed by atoms with Gasteiger partial charge in [0.2, 0.25) is 5.95 Å². The predicted molar refractivity (Wildman–Crippen MR) is 121 cm³/mol. The number of aromatic nitrogens is 2. The number of hydrogen-bond acceptors (Lipinski definition) is 5. The maximum absolute atomic E-state index is 6.43. The number of nitrogens with one attached hydrogen (secondary N) is 1. The summed E-state index contributed by atoms with van der Waals surface area (Å²) in [6.07, 6.45) is 5.08. The summed E-state index contributed by atoms with van der Waals surface area (Å²) in [5, 5.41) is 4.95. The summed E-state index contributed by atoms with van der Waals surface area (Å²) in [7, 11) is 0. The van der Waals surface area contributed by atoms with Crippen molar-refractivity contribution in [3.8, 4) is 0 Å². The molecule has 0 amide bonds. The number of hydrogen-bond donors (Lipinski definition) is 2. The second-order valence-electron chi connectivity index (χ2n) is 8.35. The van der Waals surface area contributed by atoms with E-state index in [4.69, 9.17) is 38.9 Å². The van der Waals surface area contributed by atoms with E-state index in [1.807, 2.05) is 19.1 Å². The third-order valence-corrected chi connectivity index (χ3v) is 7.00. The summed E-state index contributed by atoms with van der Waals surface area (Å²) in [6, 6.07) is 6.19. The van der Waals surface area contributed by atoms with Crippen LogP contribution in [0.5, 0.6) is 0 Å².